The minimum Gasteiger partial charge on any atom is -0.392 e. The van der Waals surface area contributed by atoms with Gasteiger partial charge in [0.2, 0.25) is 5.91 Å². The van der Waals surface area contributed by atoms with E-state index in [4.69, 9.17) is 5.11 Å². The second-order valence-electron chi connectivity index (χ2n) is 5.00. The average Bonchev–Trinajstić information content (AvgIpc) is 2.46. The van der Waals surface area contributed by atoms with Gasteiger partial charge >= 0.3 is 6.18 Å². The zero-order valence-electron chi connectivity index (χ0n) is 11.7. The van der Waals surface area contributed by atoms with E-state index in [1.807, 2.05) is 0 Å². The fourth-order valence-corrected chi connectivity index (χ4v) is 2.45. The molecule has 7 heteroatoms. The van der Waals surface area contributed by atoms with Gasteiger partial charge in [0.05, 0.1) is 12.2 Å². The second-order valence-corrected chi connectivity index (χ2v) is 5.00. The molecule has 1 N–H and O–H groups in total. The number of hydrogen-bond acceptors (Lipinski definition) is 3. The van der Waals surface area contributed by atoms with Gasteiger partial charge in [-0.25, -0.2) is 0 Å². The summed E-state index contributed by atoms with van der Waals surface area (Å²) < 4.78 is 39.5. The second kappa shape index (κ2) is 5.93. The van der Waals surface area contributed by atoms with Crippen LogP contribution in [0.5, 0.6) is 0 Å². The van der Waals surface area contributed by atoms with Gasteiger partial charge in [-0.05, 0) is 17.7 Å². The number of alkyl halides is 3. The highest BCUT2D eigenvalue weighted by atomic mass is 19.4. The molecule has 1 aliphatic heterocycles. The predicted octanol–water partition coefficient (Wildman–Crippen LogP) is 1.87. The predicted molar refractivity (Wildman–Crippen MR) is 71.8 cm³/mol. The molecule has 0 unspecified atom stereocenters. The Bertz CT molecular complexity index is 523. The van der Waals surface area contributed by atoms with Crippen LogP contribution in [0.3, 0.4) is 0 Å². The Hall–Kier alpha value is -1.76. The SMILES string of the molecule is CC(=O)N1CCN(c2ccc(CO)cc2C(F)(F)F)CC1. The van der Waals surface area contributed by atoms with Crippen molar-refractivity contribution in [3.63, 3.8) is 0 Å². The normalized spacial score (nSPS) is 16.2. The van der Waals surface area contributed by atoms with Gasteiger partial charge in [-0.1, -0.05) is 6.07 Å². The van der Waals surface area contributed by atoms with Gasteiger partial charge in [0.1, 0.15) is 0 Å². The molecular formula is C14H17F3N2O2. The molecule has 2 rings (SSSR count). The topological polar surface area (TPSA) is 43.8 Å². The van der Waals surface area contributed by atoms with E-state index in [-0.39, 0.29) is 17.2 Å². The van der Waals surface area contributed by atoms with Crippen molar-refractivity contribution in [2.45, 2.75) is 19.7 Å². The third-order valence-electron chi connectivity index (χ3n) is 3.61. The maximum absolute atomic E-state index is 13.2. The molecule has 0 bridgehead atoms. The summed E-state index contributed by atoms with van der Waals surface area (Å²) in [5, 5.41) is 9.00. The highest BCUT2D eigenvalue weighted by molar-refractivity contribution is 5.73. The minimum atomic E-state index is -4.47. The zero-order chi connectivity index (χ0) is 15.6. The molecule has 0 radical (unpaired) electrons. The van der Waals surface area contributed by atoms with E-state index in [0.29, 0.717) is 26.2 Å². The Labute approximate surface area is 120 Å². The number of carbonyl (C=O) groups is 1. The van der Waals surface area contributed by atoms with Crippen molar-refractivity contribution in [2.24, 2.45) is 0 Å². The standard InChI is InChI=1S/C14H17F3N2O2/c1-10(21)18-4-6-19(7-5-18)13-3-2-11(9-20)8-12(13)14(15,16)17/h2-3,8,20H,4-7,9H2,1H3. The number of benzene rings is 1. The summed E-state index contributed by atoms with van der Waals surface area (Å²) in [6, 6.07) is 3.85. The van der Waals surface area contributed by atoms with Crippen LogP contribution in [0.1, 0.15) is 18.1 Å². The van der Waals surface area contributed by atoms with Crippen LogP contribution in [0.15, 0.2) is 18.2 Å². The summed E-state index contributed by atoms with van der Waals surface area (Å²) in [6.45, 7) is 2.57. The fraction of sp³-hybridized carbons (Fsp3) is 0.500. The van der Waals surface area contributed by atoms with Crippen molar-refractivity contribution in [3.8, 4) is 0 Å². The number of rotatable bonds is 2. The molecule has 0 atom stereocenters. The van der Waals surface area contributed by atoms with Crippen molar-refractivity contribution < 1.29 is 23.1 Å². The summed E-state index contributed by atoms with van der Waals surface area (Å²) in [4.78, 5) is 14.5. The molecule has 0 spiro atoms. The Balaban J connectivity index is 2.26. The summed E-state index contributed by atoms with van der Waals surface area (Å²) in [6.07, 6.45) is -4.47. The van der Waals surface area contributed by atoms with Crippen molar-refractivity contribution in [1.82, 2.24) is 4.90 Å². The fourth-order valence-electron chi connectivity index (χ4n) is 2.45. The average molecular weight is 302 g/mol. The number of piperazine rings is 1. The van der Waals surface area contributed by atoms with Gasteiger partial charge in [0.15, 0.2) is 0 Å². The molecule has 0 aliphatic carbocycles. The highest BCUT2D eigenvalue weighted by Crippen LogP contribution is 2.37. The van der Waals surface area contributed by atoms with Crippen LogP contribution < -0.4 is 4.90 Å². The Morgan fingerprint density at radius 3 is 2.33 bits per heavy atom. The molecule has 116 valence electrons. The quantitative estimate of drug-likeness (QED) is 0.907. The number of anilines is 1. The van der Waals surface area contributed by atoms with Crippen molar-refractivity contribution >= 4 is 11.6 Å². The number of aliphatic hydroxyl groups is 1. The Kier molecular flexibility index (Phi) is 4.41. The summed E-state index contributed by atoms with van der Waals surface area (Å²) in [5.74, 6) is -0.0682. The van der Waals surface area contributed by atoms with Crippen LogP contribution in [-0.2, 0) is 17.6 Å². The molecule has 1 heterocycles. The first-order chi connectivity index (χ1) is 9.82. The summed E-state index contributed by atoms with van der Waals surface area (Å²) in [5.41, 5.74) is -0.415. The number of halogens is 3. The number of hydrogen-bond donors (Lipinski definition) is 1. The molecule has 21 heavy (non-hydrogen) atoms. The van der Waals surface area contributed by atoms with Gasteiger partial charge in [-0.2, -0.15) is 13.2 Å². The van der Waals surface area contributed by atoms with E-state index in [2.05, 4.69) is 0 Å². The van der Waals surface area contributed by atoms with E-state index < -0.39 is 18.3 Å². The van der Waals surface area contributed by atoms with E-state index in [1.54, 1.807) is 9.80 Å². The van der Waals surface area contributed by atoms with Crippen LogP contribution in [0.25, 0.3) is 0 Å². The minimum absolute atomic E-state index is 0.0682. The number of aliphatic hydroxyl groups excluding tert-OH is 1. The van der Waals surface area contributed by atoms with Gasteiger partial charge < -0.3 is 14.9 Å². The number of amides is 1. The third-order valence-corrected chi connectivity index (χ3v) is 3.61. The van der Waals surface area contributed by atoms with Gasteiger partial charge in [0.25, 0.3) is 0 Å². The van der Waals surface area contributed by atoms with E-state index >= 15 is 0 Å². The number of nitrogens with zero attached hydrogens (tertiary/aromatic N) is 2. The molecule has 1 fully saturated rings. The molecule has 1 saturated heterocycles. The molecule has 1 aromatic carbocycles. The maximum atomic E-state index is 13.2. The van der Waals surface area contributed by atoms with Gasteiger partial charge in [0, 0.05) is 38.8 Å². The lowest BCUT2D eigenvalue weighted by Crippen LogP contribution is -2.48. The molecule has 4 nitrogen and oxygen atoms in total. The van der Waals surface area contributed by atoms with Crippen molar-refractivity contribution in [3.05, 3.63) is 29.3 Å². The first-order valence-corrected chi connectivity index (χ1v) is 6.64. The first-order valence-electron chi connectivity index (χ1n) is 6.64. The molecule has 0 saturated carbocycles. The summed E-state index contributed by atoms with van der Waals surface area (Å²) in [7, 11) is 0. The van der Waals surface area contributed by atoms with Crippen LogP contribution >= 0.6 is 0 Å². The molecule has 1 amide bonds. The Morgan fingerprint density at radius 1 is 1.24 bits per heavy atom. The van der Waals surface area contributed by atoms with Crippen LogP contribution in [0.4, 0.5) is 18.9 Å². The maximum Gasteiger partial charge on any atom is 0.418 e. The van der Waals surface area contributed by atoms with Gasteiger partial charge in [-0.3, -0.25) is 4.79 Å². The zero-order valence-corrected chi connectivity index (χ0v) is 11.7. The molecule has 1 aliphatic rings. The summed E-state index contributed by atoms with van der Waals surface area (Å²) >= 11 is 0. The molecular weight excluding hydrogens is 285 g/mol. The Morgan fingerprint density at radius 2 is 1.86 bits per heavy atom. The highest BCUT2D eigenvalue weighted by Gasteiger charge is 2.35. The van der Waals surface area contributed by atoms with Gasteiger partial charge in [-0.15, -0.1) is 0 Å². The lowest BCUT2D eigenvalue weighted by molar-refractivity contribution is -0.137. The monoisotopic (exact) mass is 302 g/mol. The van der Waals surface area contributed by atoms with E-state index in [9.17, 15) is 18.0 Å². The molecule has 1 aromatic rings. The smallest absolute Gasteiger partial charge is 0.392 e. The third kappa shape index (κ3) is 3.47. The molecule has 0 aromatic heterocycles. The van der Waals surface area contributed by atoms with E-state index in [1.165, 1.54) is 19.1 Å². The lowest BCUT2D eigenvalue weighted by Gasteiger charge is -2.36. The van der Waals surface area contributed by atoms with Crippen LogP contribution in [0.2, 0.25) is 0 Å². The largest absolute Gasteiger partial charge is 0.418 e. The first kappa shape index (κ1) is 15.6. The van der Waals surface area contributed by atoms with Crippen molar-refractivity contribution in [2.75, 3.05) is 31.1 Å². The van der Waals surface area contributed by atoms with E-state index in [0.717, 1.165) is 6.07 Å². The van der Waals surface area contributed by atoms with Crippen LogP contribution in [0, 0.1) is 0 Å². The van der Waals surface area contributed by atoms with Crippen molar-refractivity contribution in [1.29, 1.82) is 0 Å². The lowest BCUT2D eigenvalue weighted by atomic mass is 10.1. The number of carbonyl (C=O) groups excluding carboxylic acids is 1. The van der Waals surface area contributed by atoms with Crippen LogP contribution in [-0.4, -0.2) is 42.1 Å².